The van der Waals surface area contributed by atoms with Gasteiger partial charge in [0.2, 0.25) is 0 Å². The highest BCUT2D eigenvalue weighted by Gasteiger charge is 2.13. The van der Waals surface area contributed by atoms with Gasteiger partial charge in [-0.2, -0.15) is 0 Å². The average Bonchev–Trinajstić information content (AvgIpc) is 2.52. The Morgan fingerprint density at radius 3 is 2.41 bits per heavy atom. The van der Waals surface area contributed by atoms with Crippen molar-refractivity contribution in [1.82, 2.24) is 4.90 Å². The molecule has 1 aliphatic rings. The van der Waals surface area contributed by atoms with Gasteiger partial charge in [0.05, 0.1) is 0 Å². The molecule has 0 amide bonds. The summed E-state index contributed by atoms with van der Waals surface area (Å²) >= 11 is 0. The molecule has 0 unspecified atom stereocenters. The molecule has 1 rings (SSSR count). The van der Waals surface area contributed by atoms with Crippen LogP contribution in [0, 0.1) is 5.92 Å². The standard InChI is InChI=1S/C16H33N/c1-3-4-5-6-7-8-10-13-17-14-11-9-12-16(2)15-17/h16H,3-15H2,1-2H3/t16-/m1/s1. The Bertz CT molecular complexity index is 167. The van der Waals surface area contributed by atoms with Crippen LogP contribution in [0.3, 0.4) is 0 Å². The molecule has 0 aromatic rings. The lowest BCUT2D eigenvalue weighted by Gasteiger charge is -2.22. The first-order valence-corrected chi connectivity index (χ1v) is 8.05. The smallest absolute Gasteiger partial charge is 0.000702 e. The van der Waals surface area contributed by atoms with Crippen LogP contribution in [-0.2, 0) is 0 Å². The number of hydrogen-bond donors (Lipinski definition) is 0. The zero-order valence-corrected chi connectivity index (χ0v) is 12.2. The first-order chi connectivity index (χ1) is 8.33. The Morgan fingerprint density at radius 1 is 0.941 bits per heavy atom. The lowest BCUT2D eigenvalue weighted by Crippen LogP contribution is -2.28. The molecule has 1 fully saturated rings. The van der Waals surface area contributed by atoms with Crippen LogP contribution in [0.5, 0.6) is 0 Å². The van der Waals surface area contributed by atoms with E-state index in [9.17, 15) is 0 Å². The van der Waals surface area contributed by atoms with E-state index in [1.807, 2.05) is 0 Å². The summed E-state index contributed by atoms with van der Waals surface area (Å²) in [4.78, 5) is 2.71. The van der Waals surface area contributed by atoms with Crippen LogP contribution in [-0.4, -0.2) is 24.5 Å². The van der Waals surface area contributed by atoms with Crippen LogP contribution in [0.4, 0.5) is 0 Å². The summed E-state index contributed by atoms with van der Waals surface area (Å²) in [5.74, 6) is 0.932. The molecule has 0 aliphatic carbocycles. The molecule has 0 aromatic heterocycles. The van der Waals surface area contributed by atoms with E-state index in [1.54, 1.807) is 0 Å². The van der Waals surface area contributed by atoms with Gasteiger partial charge in [-0.1, -0.05) is 58.8 Å². The van der Waals surface area contributed by atoms with Crippen molar-refractivity contribution in [2.24, 2.45) is 5.92 Å². The highest BCUT2D eigenvalue weighted by atomic mass is 15.1. The van der Waals surface area contributed by atoms with E-state index < -0.39 is 0 Å². The third-order valence-corrected chi connectivity index (χ3v) is 4.07. The van der Waals surface area contributed by atoms with Crippen molar-refractivity contribution in [1.29, 1.82) is 0 Å². The van der Waals surface area contributed by atoms with E-state index in [0.29, 0.717) is 0 Å². The molecule has 1 nitrogen and oxygen atoms in total. The van der Waals surface area contributed by atoms with Crippen LogP contribution in [0.15, 0.2) is 0 Å². The fourth-order valence-corrected chi connectivity index (χ4v) is 2.95. The van der Waals surface area contributed by atoms with Crippen LogP contribution < -0.4 is 0 Å². The molecule has 1 saturated heterocycles. The number of hydrogen-bond acceptors (Lipinski definition) is 1. The average molecular weight is 239 g/mol. The maximum Gasteiger partial charge on any atom is 0.000702 e. The van der Waals surface area contributed by atoms with Crippen molar-refractivity contribution < 1.29 is 0 Å². The van der Waals surface area contributed by atoms with E-state index in [-0.39, 0.29) is 0 Å². The van der Waals surface area contributed by atoms with Crippen molar-refractivity contribution in [3.05, 3.63) is 0 Å². The third kappa shape index (κ3) is 7.81. The Hall–Kier alpha value is -0.0400. The molecule has 0 aromatic carbocycles. The molecule has 1 heterocycles. The first kappa shape index (κ1) is 15.0. The van der Waals surface area contributed by atoms with Crippen molar-refractivity contribution in [3.8, 4) is 0 Å². The van der Waals surface area contributed by atoms with Gasteiger partial charge >= 0.3 is 0 Å². The van der Waals surface area contributed by atoms with Crippen molar-refractivity contribution >= 4 is 0 Å². The summed E-state index contributed by atoms with van der Waals surface area (Å²) in [7, 11) is 0. The maximum absolute atomic E-state index is 2.71. The van der Waals surface area contributed by atoms with E-state index in [2.05, 4.69) is 18.7 Å². The summed E-state index contributed by atoms with van der Waals surface area (Å²) in [6.45, 7) is 8.79. The Kier molecular flexibility index (Phi) is 8.78. The summed E-state index contributed by atoms with van der Waals surface area (Å²) in [5.41, 5.74) is 0. The minimum absolute atomic E-state index is 0.932. The Labute approximate surface area is 109 Å². The van der Waals surface area contributed by atoms with Gasteiger partial charge in [-0.3, -0.25) is 0 Å². The molecule has 0 radical (unpaired) electrons. The van der Waals surface area contributed by atoms with Crippen molar-refractivity contribution in [2.45, 2.75) is 78.1 Å². The molecule has 1 heteroatoms. The van der Waals surface area contributed by atoms with Gasteiger partial charge in [-0.15, -0.1) is 0 Å². The Balaban J connectivity index is 1.94. The van der Waals surface area contributed by atoms with Crippen LogP contribution >= 0.6 is 0 Å². The van der Waals surface area contributed by atoms with Gasteiger partial charge in [0, 0.05) is 6.54 Å². The van der Waals surface area contributed by atoms with E-state index in [4.69, 9.17) is 0 Å². The van der Waals surface area contributed by atoms with E-state index in [1.165, 1.54) is 83.8 Å². The van der Waals surface area contributed by atoms with Crippen LogP contribution in [0.25, 0.3) is 0 Å². The minimum atomic E-state index is 0.932. The SMILES string of the molecule is CCCCCCCCCN1CCCC[C@@H](C)C1. The minimum Gasteiger partial charge on any atom is -0.303 e. The summed E-state index contributed by atoms with van der Waals surface area (Å²) in [6, 6.07) is 0. The highest BCUT2D eigenvalue weighted by Crippen LogP contribution is 2.16. The summed E-state index contributed by atoms with van der Waals surface area (Å²) < 4.78 is 0. The predicted molar refractivity (Wildman–Crippen MR) is 77.4 cm³/mol. The summed E-state index contributed by atoms with van der Waals surface area (Å²) in [5, 5.41) is 0. The largest absolute Gasteiger partial charge is 0.303 e. The van der Waals surface area contributed by atoms with Gasteiger partial charge in [-0.05, 0) is 38.3 Å². The zero-order valence-electron chi connectivity index (χ0n) is 12.2. The normalized spacial score (nSPS) is 22.6. The lowest BCUT2D eigenvalue weighted by molar-refractivity contribution is 0.250. The van der Waals surface area contributed by atoms with Crippen molar-refractivity contribution in [3.63, 3.8) is 0 Å². The number of likely N-dealkylation sites (tertiary alicyclic amines) is 1. The molecule has 102 valence electrons. The fraction of sp³-hybridized carbons (Fsp3) is 1.00. The Morgan fingerprint density at radius 2 is 1.65 bits per heavy atom. The van der Waals surface area contributed by atoms with Gasteiger partial charge in [0.1, 0.15) is 0 Å². The molecular weight excluding hydrogens is 206 g/mol. The molecular formula is C16H33N. The number of nitrogens with zero attached hydrogens (tertiary/aromatic N) is 1. The van der Waals surface area contributed by atoms with Crippen LogP contribution in [0.1, 0.15) is 78.1 Å². The second-order valence-corrected chi connectivity index (χ2v) is 6.02. The van der Waals surface area contributed by atoms with Crippen molar-refractivity contribution in [2.75, 3.05) is 19.6 Å². The second kappa shape index (κ2) is 9.94. The second-order valence-electron chi connectivity index (χ2n) is 6.02. The third-order valence-electron chi connectivity index (χ3n) is 4.07. The zero-order chi connectivity index (χ0) is 12.3. The molecule has 1 aliphatic heterocycles. The molecule has 0 bridgehead atoms. The molecule has 17 heavy (non-hydrogen) atoms. The molecule has 0 spiro atoms. The van der Waals surface area contributed by atoms with Gasteiger partial charge in [0.15, 0.2) is 0 Å². The monoisotopic (exact) mass is 239 g/mol. The lowest BCUT2D eigenvalue weighted by atomic mass is 10.1. The summed E-state index contributed by atoms with van der Waals surface area (Å²) in [6.07, 6.45) is 14.4. The topological polar surface area (TPSA) is 3.24 Å². The molecule has 1 atom stereocenters. The van der Waals surface area contributed by atoms with Gasteiger partial charge < -0.3 is 4.90 Å². The fourth-order valence-electron chi connectivity index (χ4n) is 2.95. The van der Waals surface area contributed by atoms with Gasteiger partial charge in [0.25, 0.3) is 0 Å². The maximum atomic E-state index is 2.71. The highest BCUT2D eigenvalue weighted by molar-refractivity contribution is 4.68. The number of rotatable bonds is 8. The first-order valence-electron chi connectivity index (χ1n) is 8.05. The van der Waals surface area contributed by atoms with Gasteiger partial charge in [-0.25, -0.2) is 0 Å². The van der Waals surface area contributed by atoms with E-state index in [0.717, 1.165) is 5.92 Å². The van der Waals surface area contributed by atoms with E-state index >= 15 is 0 Å². The number of unbranched alkanes of at least 4 members (excludes halogenated alkanes) is 6. The molecule has 0 saturated carbocycles. The van der Waals surface area contributed by atoms with Crippen LogP contribution in [0.2, 0.25) is 0 Å². The predicted octanol–water partition coefficient (Wildman–Crippen LogP) is 4.86. The quantitative estimate of drug-likeness (QED) is 0.547. The molecule has 0 N–H and O–H groups in total.